The van der Waals surface area contributed by atoms with E-state index in [0.717, 1.165) is 17.5 Å². The number of carbonyl (C=O) groups excluding carboxylic acids is 3. The van der Waals surface area contributed by atoms with Crippen LogP contribution in [0.1, 0.15) is 46.4 Å². The maximum Gasteiger partial charge on any atom is 0.323 e. The molecule has 0 fully saturated rings. The van der Waals surface area contributed by atoms with Crippen molar-refractivity contribution in [2.24, 2.45) is 0 Å². The fraction of sp³-hybridized carbons (Fsp3) is 0.0789. The van der Waals surface area contributed by atoms with Gasteiger partial charge < -0.3 is 26.6 Å². The van der Waals surface area contributed by atoms with E-state index in [9.17, 15) is 14.4 Å². The summed E-state index contributed by atoms with van der Waals surface area (Å²) in [5.41, 5.74) is 6.35. The van der Waals surface area contributed by atoms with Gasteiger partial charge in [0.05, 0.1) is 17.3 Å². The van der Waals surface area contributed by atoms with Crippen LogP contribution in [0.25, 0.3) is 11.3 Å². The third-order valence-electron chi connectivity index (χ3n) is 7.75. The fourth-order valence-electron chi connectivity index (χ4n) is 5.43. The first kappa shape index (κ1) is 31.1. The molecule has 47 heavy (non-hydrogen) atoms. The molecule has 0 bridgehead atoms. The molecule has 234 valence electrons. The van der Waals surface area contributed by atoms with Crippen molar-refractivity contribution in [2.75, 3.05) is 21.3 Å². The predicted octanol–water partition coefficient (Wildman–Crippen LogP) is 8.80. The second-order valence-electron chi connectivity index (χ2n) is 11.0. The molecule has 1 aliphatic rings. The Morgan fingerprint density at radius 2 is 1.36 bits per heavy atom. The molecule has 0 aromatic heterocycles. The van der Waals surface area contributed by atoms with Crippen molar-refractivity contribution < 1.29 is 14.4 Å². The molecule has 5 N–H and O–H groups in total. The number of halogens is 1. The highest BCUT2D eigenvalue weighted by Crippen LogP contribution is 2.38. The molecule has 0 spiro atoms. The maximum absolute atomic E-state index is 13.5. The minimum absolute atomic E-state index is 0.145. The molecule has 0 saturated carbocycles. The van der Waals surface area contributed by atoms with E-state index in [0.29, 0.717) is 50.2 Å². The van der Waals surface area contributed by atoms with E-state index in [1.807, 2.05) is 79.7 Å². The van der Waals surface area contributed by atoms with Crippen LogP contribution >= 0.6 is 11.6 Å². The predicted molar refractivity (Wildman–Crippen MR) is 189 cm³/mol. The van der Waals surface area contributed by atoms with E-state index >= 15 is 0 Å². The van der Waals surface area contributed by atoms with E-state index < -0.39 is 6.03 Å². The summed E-state index contributed by atoms with van der Waals surface area (Å²) in [6, 6.07) is 38.1. The number of hydrogen-bond acceptors (Lipinski definition) is 4. The summed E-state index contributed by atoms with van der Waals surface area (Å²) in [6.45, 7) is 2.03. The molecule has 1 aliphatic heterocycles. The Morgan fingerprint density at radius 3 is 2.04 bits per heavy atom. The van der Waals surface area contributed by atoms with Gasteiger partial charge in [-0.2, -0.15) is 0 Å². The average Bonchev–Trinajstić information content (AvgIpc) is 3.42. The van der Waals surface area contributed by atoms with Gasteiger partial charge in [0.25, 0.3) is 11.8 Å². The minimum atomic E-state index is -0.409. The lowest BCUT2D eigenvalue weighted by Crippen LogP contribution is -2.28. The number of nitrogens with one attached hydrogen (secondary N) is 5. The van der Waals surface area contributed by atoms with E-state index in [1.165, 1.54) is 0 Å². The van der Waals surface area contributed by atoms with Gasteiger partial charge in [-0.15, -0.1) is 0 Å². The Labute approximate surface area is 277 Å². The molecule has 9 heteroatoms. The van der Waals surface area contributed by atoms with Gasteiger partial charge in [-0.1, -0.05) is 85.3 Å². The molecule has 5 aromatic carbocycles. The summed E-state index contributed by atoms with van der Waals surface area (Å²) in [7, 11) is 0. The van der Waals surface area contributed by atoms with Crippen molar-refractivity contribution in [2.45, 2.75) is 19.4 Å². The average molecular weight is 642 g/mol. The third kappa shape index (κ3) is 7.35. The summed E-state index contributed by atoms with van der Waals surface area (Å²) < 4.78 is 0. The van der Waals surface area contributed by atoms with Gasteiger partial charge >= 0.3 is 6.03 Å². The van der Waals surface area contributed by atoms with E-state index in [-0.39, 0.29) is 17.9 Å². The largest absolute Gasteiger partial charge is 0.354 e. The second kappa shape index (κ2) is 14.1. The fourth-order valence-corrected chi connectivity index (χ4v) is 5.62. The number of urea groups is 1. The van der Waals surface area contributed by atoms with Gasteiger partial charge in [-0.05, 0) is 78.2 Å². The molecule has 4 amide bonds. The van der Waals surface area contributed by atoms with Gasteiger partial charge in [0.1, 0.15) is 0 Å². The zero-order valence-corrected chi connectivity index (χ0v) is 26.3. The first-order chi connectivity index (χ1) is 22.9. The van der Waals surface area contributed by atoms with Crippen LogP contribution in [-0.4, -0.2) is 17.8 Å². The summed E-state index contributed by atoms with van der Waals surface area (Å²) in [5.74, 6) is -0.505. The van der Waals surface area contributed by atoms with Crippen LogP contribution in [0.2, 0.25) is 5.02 Å². The Balaban J connectivity index is 1.27. The molecule has 5 aromatic rings. The number of fused-ring (bicyclic) bond motifs is 1. The molecule has 1 heterocycles. The number of amides is 4. The van der Waals surface area contributed by atoms with Crippen LogP contribution in [-0.2, 0) is 4.79 Å². The van der Waals surface area contributed by atoms with Crippen molar-refractivity contribution >= 4 is 63.5 Å². The first-order valence-corrected chi connectivity index (χ1v) is 15.6. The van der Waals surface area contributed by atoms with Gasteiger partial charge in [0.2, 0.25) is 0 Å². The zero-order chi connectivity index (χ0) is 32.8. The molecular formula is C38H32ClN5O3. The van der Waals surface area contributed by atoms with Crippen molar-refractivity contribution in [3.63, 3.8) is 0 Å². The van der Waals surface area contributed by atoms with E-state index in [2.05, 4.69) is 26.6 Å². The Bertz CT molecular complexity index is 1960. The Morgan fingerprint density at radius 1 is 0.702 bits per heavy atom. The van der Waals surface area contributed by atoms with Crippen LogP contribution in [0.5, 0.6) is 0 Å². The van der Waals surface area contributed by atoms with E-state index in [4.69, 9.17) is 11.6 Å². The lowest BCUT2D eigenvalue weighted by Gasteiger charge is -2.18. The number of rotatable bonds is 9. The summed E-state index contributed by atoms with van der Waals surface area (Å²) in [4.78, 5) is 39.5. The number of benzene rings is 5. The van der Waals surface area contributed by atoms with Crippen LogP contribution in [0.15, 0.2) is 127 Å². The molecule has 0 radical (unpaired) electrons. The summed E-state index contributed by atoms with van der Waals surface area (Å²) >= 11 is 6.02. The molecule has 0 saturated heterocycles. The molecule has 1 atom stereocenters. The summed E-state index contributed by atoms with van der Waals surface area (Å²) in [6.07, 6.45) is 0.731. The lowest BCUT2D eigenvalue weighted by molar-refractivity contribution is -0.110. The highest BCUT2D eigenvalue weighted by atomic mass is 35.5. The van der Waals surface area contributed by atoms with Crippen molar-refractivity contribution in [3.05, 3.63) is 155 Å². The highest BCUT2D eigenvalue weighted by Gasteiger charge is 2.30. The SMILES string of the molecule is CC[C@@H](NC(=O)c1ccc2c(c1)C(=C(Nc1ccc(NC(=O)Nc3cccc(Cl)c3)cc1)c1ccccc1)C(=O)N2)c1ccccc1. The third-order valence-corrected chi connectivity index (χ3v) is 7.98. The van der Waals surface area contributed by atoms with Gasteiger partial charge in [0.15, 0.2) is 0 Å². The topological polar surface area (TPSA) is 111 Å². The van der Waals surface area contributed by atoms with Crippen LogP contribution in [0.4, 0.5) is 27.5 Å². The van der Waals surface area contributed by atoms with Crippen LogP contribution in [0.3, 0.4) is 0 Å². The second-order valence-corrected chi connectivity index (χ2v) is 11.4. The molecular weight excluding hydrogens is 610 g/mol. The lowest BCUT2D eigenvalue weighted by atomic mass is 9.98. The van der Waals surface area contributed by atoms with E-state index in [1.54, 1.807) is 54.6 Å². The maximum atomic E-state index is 13.5. The van der Waals surface area contributed by atoms with Crippen LogP contribution in [0, 0.1) is 0 Å². The molecule has 0 unspecified atom stereocenters. The van der Waals surface area contributed by atoms with Crippen molar-refractivity contribution in [1.29, 1.82) is 0 Å². The quantitative estimate of drug-likeness (QED) is 0.104. The number of carbonyl (C=O) groups is 3. The molecule has 0 aliphatic carbocycles. The minimum Gasteiger partial charge on any atom is -0.354 e. The Kier molecular flexibility index (Phi) is 9.31. The molecule has 6 rings (SSSR count). The van der Waals surface area contributed by atoms with Gasteiger partial charge in [0, 0.05) is 38.9 Å². The van der Waals surface area contributed by atoms with Crippen molar-refractivity contribution in [1.82, 2.24) is 5.32 Å². The Hall–Kier alpha value is -5.86. The monoisotopic (exact) mass is 641 g/mol. The van der Waals surface area contributed by atoms with Gasteiger partial charge in [-0.3, -0.25) is 9.59 Å². The molecule has 8 nitrogen and oxygen atoms in total. The van der Waals surface area contributed by atoms with Crippen LogP contribution < -0.4 is 26.6 Å². The number of anilines is 4. The zero-order valence-electron chi connectivity index (χ0n) is 25.5. The normalized spacial score (nSPS) is 13.5. The van der Waals surface area contributed by atoms with Gasteiger partial charge in [-0.25, -0.2) is 4.79 Å². The standard InChI is InChI=1S/C38H32ClN5O3/c1-2-32(24-10-5-3-6-11-24)43-36(45)26-16-21-33-31(22-26)34(37(46)44-33)35(25-12-7-4-8-13-25)40-28-17-19-29(20-18-28)41-38(47)42-30-15-9-14-27(39)23-30/h3-23,32,40H,2H2,1H3,(H,43,45)(H,44,46)(H2,41,42,47)/t32-/m1/s1. The smallest absolute Gasteiger partial charge is 0.323 e. The van der Waals surface area contributed by atoms with Crippen molar-refractivity contribution in [3.8, 4) is 0 Å². The highest BCUT2D eigenvalue weighted by molar-refractivity contribution is 6.37. The number of hydrogen-bond donors (Lipinski definition) is 5. The first-order valence-electron chi connectivity index (χ1n) is 15.2. The summed E-state index contributed by atoms with van der Waals surface area (Å²) in [5, 5.41) is 15.6.